The molecule has 0 aliphatic carbocycles. The summed E-state index contributed by atoms with van der Waals surface area (Å²) in [6, 6.07) is 5.73. The van der Waals surface area contributed by atoms with Crippen LogP contribution >= 0.6 is 11.3 Å². The lowest BCUT2D eigenvalue weighted by Crippen LogP contribution is -2.03. The highest BCUT2D eigenvalue weighted by Gasteiger charge is 2.18. The SMILES string of the molecule is Cc1nc(-c2ccc3c(c2)CC(=O)N3)sc1O. The predicted molar refractivity (Wildman–Crippen MR) is 66.3 cm³/mol. The van der Waals surface area contributed by atoms with Gasteiger partial charge < -0.3 is 10.4 Å². The third-order valence-corrected chi connectivity index (χ3v) is 3.76. The summed E-state index contributed by atoms with van der Waals surface area (Å²) in [7, 11) is 0. The first-order valence-corrected chi connectivity index (χ1v) is 6.04. The third-order valence-electron chi connectivity index (χ3n) is 2.75. The summed E-state index contributed by atoms with van der Waals surface area (Å²) < 4.78 is 0. The van der Waals surface area contributed by atoms with Crippen LogP contribution in [0.5, 0.6) is 5.06 Å². The van der Waals surface area contributed by atoms with E-state index >= 15 is 0 Å². The average molecular weight is 246 g/mol. The molecule has 4 nitrogen and oxygen atoms in total. The van der Waals surface area contributed by atoms with Gasteiger partial charge in [-0.3, -0.25) is 4.79 Å². The van der Waals surface area contributed by atoms with E-state index in [0.29, 0.717) is 12.1 Å². The minimum absolute atomic E-state index is 0.0234. The molecular weight excluding hydrogens is 236 g/mol. The lowest BCUT2D eigenvalue weighted by molar-refractivity contribution is -0.115. The summed E-state index contributed by atoms with van der Waals surface area (Å²) in [5, 5.41) is 13.3. The molecule has 1 aliphatic heterocycles. The van der Waals surface area contributed by atoms with Crippen molar-refractivity contribution >= 4 is 22.9 Å². The van der Waals surface area contributed by atoms with E-state index in [0.717, 1.165) is 21.8 Å². The Morgan fingerprint density at radius 2 is 2.29 bits per heavy atom. The quantitative estimate of drug-likeness (QED) is 0.811. The van der Waals surface area contributed by atoms with Crippen molar-refractivity contribution < 1.29 is 9.90 Å². The molecule has 1 aromatic heterocycles. The number of nitrogens with one attached hydrogen (secondary N) is 1. The van der Waals surface area contributed by atoms with E-state index in [-0.39, 0.29) is 11.0 Å². The lowest BCUT2D eigenvalue weighted by Gasteiger charge is -2.00. The van der Waals surface area contributed by atoms with Gasteiger partial charge in [-0.2, -0.15) is 0 Å². The number of carbonyl (C=O) groups excluding carboxylic acids is 1. The number of thiazole rings is 1. The summed E-state index contributed by atoms with van der Waals surface area (Å²) in [4.78, 5) is 15.5. The van der Waals surface area contributed by atoms with E-state index in [2.05, 4.69) is 10.3 Å². The summed E-state index contributed by atoms with van der Waals surface area (Å²) in [6.07, 6.45) is 0.416. The van der Waals surface area contributed by atoms with E-state index in [4.69, 9.17) is 0 Å². The molecule has 0 radical (unpaired) electrons. The predicted octanol–water partition coefficient (Wildman–Crippen LogP) is 2.32. The van der Waals surface area contributed by atoms with Gasteiger partial charge in [-0.25, -0.2) is 4.98 Å². The fourth-order valence-electron chi connectivity index (χ4n) is 1.87. The number of hydrogen-bond donors (Lipinski definition) is 2. The van der Waals surface area contributed by atoms with Crippen LogP contribution in [0.1, 0.15) is 11.3 Å². The molecule has 0 atom stereocenters. The highest BCUT2D eigenvalue weighted by molar-refractivity contribution is 7.16. The van der Waals surface area contributed by atoms with Crippen molar-refractivity contribution in [2.45, 2.75) is 13.3 Å². The third kappa shape index (κ3) is 1.68. The number of hydrogen-bond acceptors (Lipinski definition) is 4. The van der Waals surface area contributed by atoms with Crippen molar-refractivity contribution in [1.29, 1.82) is 0 Å². The molecule has 2 aromatic rings. The van der Waals surface area contributed by atoms with Crippen LogP contribution in [0.25, 0.3) is 10.6 Å². The maximum Gasteiger partial charge on any atom is 0.228 e. The van der Waals surface area contributed by atoms with Gasteiger partial charge in [0.25, 0.3) is 0 Å². The fourth-order valence-corrected chi connectivity index (χ4v) is 2.68. The molecule has 0 saturated carbocycles. The minimum atomic E-state index is 0.0234. The van der Waals surface area contributed by atoms with Crippen molar-refractivity contribution in [1.82, 2.24) is 4.98 Å². The van der Waals surface area contributed by atoms with Gasteiger partial charge in [0.1, 0.15) is 5.01 Å². The second kappa shape index (κ2) is 3.56. The number of rotatable bonds is 1. The second-order valence-electron chi connectivity index (χ2n) is 4.01. The number of benzene rings is 1. The highest BCUT2D eigenvalue weighted by Crippen LogP contribution is 2.35. The van der Waals surface area contributed by atoms with Gasteiger partial charge >= 0.3 is 0 Å². The van der Waals surface area contributed by atoms with Crippen molar-refractivity contribution in [2.75, 3.05) is 5.32 Å². The first-order chi connectivity index (χ1) is 8.13. The normalized spacial score (nSPS) is 13.6. The molecule has 1 aliphatic rings. The molecule has 0 spiro atoms. The van der Waals surface area contributed by atoms with Crippen LogP contribution < -0.4 is 5.32 Å². The molecule has 1 amide bonds. The maximum absolute atomic E-state index is 11.2. The molecule has 0 saturated heterocycles. The zero-order chi connectivity index (χ0) is 12.0. The van der Waals surface area contributed by atoms with Gasteiger partial charge in [0.2, 0.25) is 5.91 Å². The lowest BCUT2D eigenvalue weighted by atomic mass is 10.1. The van der Waals surface area contributed by atoms with Gasteiger partial charge in [-0.15, -0.1) is 0 Å². The van der Waals surface area contributed by atoms with E-state index in [9.17, 15) is 9.90 Å². The van der Waals surface area contributed by atoms with E-state index in [1.165, 1.54) is 11.3 Å². The number of aromatic nitrogens is 1. The summed E-state index contributed by atoms with van der Waals surface area (Å²) in [5.74, 6) is 0.0234. The zero-order valence-electron chi connectivity index (χ0n) is 9.15. The molecule has 5 heteroatoms. The van der Waals surface area contributed by atoms with Gasteiger partial charge in [-0.1, -0.05) is 11.3 Å². The van der Waals surface area contributed by atoms with E-state index in [1.807, 2.05) is 18.2 Å². The minimum Gasteiger partial charge on any atom is -0.498 e. The summed E-state index contributed by atoms with van der Waals surface area (Å²) in [6.45, 7) is 1.77. The van der Waals surface area contributed by atoms with Gasteiger partial charge in [0.05, 0.1) is 12.1 Å². The van der Waals surface area contributed by atoms with Gasteiger partial charge in [0, 0.05) is 11.3 Å². The smallest absolute Gasteiger partial charge is 0.228 e. The van der Waals surface area contributed by atoms with Crippen LogP contribution in [0.15, 0.2) is 18.2 Å². The number of fused-ring (bicyclic) bond motifs is 1. The number of anilines is 1. The maximum atomic E-state index is 11.2. The van der Waals surface area contributed by atoms with E-state index < -0.39 is 0 Å². The topological polar surface area (TPSA) is 62.2 Å². The molecule has 3 rings (SSSR count). The number of nitrogens with zero attached hydrogens (tertiary/aromatic N) is 1. The molecule has 17 heavy (non-hydrogen) atoms. The average Bonchev–Trinajstić information content (AvgIpc) is 2.80. The molecule has 2 heterocycles. The summed E-state index contributed by atoms with van der Waals surface area (Å²) >= 11 is 1.25. The standard InChI is InChI=1S/C12H10N2O2S/c1-6-12(16)17-11(13-6)7-2-3-9-8(4-7)5-10(15)14-9/h2-4,16H,5H2,1H3,(H,14,15). The molecule has 86 valence electrons. The molecule has 0 bridgehead atoms. The second-order valence-corrected chi connectivity index (χ2v) is 4.98. The number of carbonyl (C=O) groups is 1. The Balaban J connectivity index is 2.05. The van der Waals surface area contributed by atoms with Crippen molar-refractivity contribution in [3.63, 3.8) is 0 Å². The molecule has 0 unspecified atom stereocenters. The molecule has 0 fully saturated rings. The van der Waals surface area contributed by atoms with Crippen LogP contribution in [0.2, 0.25) is 0 Å². The van der Waals surface area contributed by atoms with Crippen molar-refractivity contribution in [2.24, 2.45) is 0 Å². The Morgan fingerprint density at radius 1 is 1.47 bits per heavy atom. The van der Waals surface area contributed by atoms with Crippen molar-refractivity contribution in [3.8, 4) is 15.6 Å². The Bertz CT molecular complexity index is 599. The zero-order valence-corrected chi connectivity index (χ0v) is 9.97. The van der Waals surface area contributed by atoms with Crippen LogP contribution in [0, 0.1) is 6.92 Å². The van der Waals surface area contributed by atoms with Crippen molar-refractivity contribution in [3.05, 3.63) is 29.5 Å². The summed E-state index contributed by atoms with van der Waals surface area (Å²) in [5.41, 5.74) is 3.43. The molecular formula is C12H10N2O2S. The molecule has 1 aromatic carbocycles. The Labute approximate surface area is 102 Å². The largest absolute Gasteiger partial charge is 0.498 e. The number of aryl methyl sites for hydroxylation is 1. The Morgan fingerprint density at radius 3 is 3.00 bits per heavy atom. The Kier molecular flexibility index (Phi) is 2.16. The van der Waals surface area contributed by atoms with E-state index in [1.54, 1.807) is 6.92 Å². The first kappa shape index (κ1) is 10.3. The van der Waals surface area contributed by atoms with Crippen LogP contribution in [0.4, 0.5) is 5.69 Å². The fraction of sp³-hybridized carbons (Fsp3) is 0.167. The first-order valence-electron chi connectivity index (χ1n) is 5.23. The van der Waals surface area contributed by atoms with Gasteiger partial charge in [0.15, 0.2) is 5.06 Å². The highest BCUT2D eigenvalue weighted by atomic mass is 32.1. The van der Waals surface area contributed by atoms with Crippen LogP contribution in [-0.4, -0.2) is 16.0 Å². The van der Waals surface area contributed by atoms with Crippen LogP contribution in [0.3, 0.4) is 0 Å². The Hall–Kier alpha value is -1.88. The number of amides is 1. The van der Waals surface area contributed by atoms with Gasteiger partial charge in [-0.05, 0) is 30.7 Å². The number of aromatic hydroxyl groups is 1. The van der Waals surface area contributed by atoms with Crippen LogP contribution in [-0.2, 0) is 11.2 Å². The molecule has 2 N–H and O–H groups in total. The monoisotopic (exact) mass is 246 g/mol.